The van der Waals surface area contributed by atoms with Crippen LogP contribution in [0, 0.1) is 5.41 Å². The van der Waals surface area contributed by atoms with E-state index in [-0.39, 0.29) is 17.1 Å². The van der Waals surface area contributed by atoms with Gasteiger partial charge in [-0.15, -0.1) is 5.10 Å². The number of rotatable bonds is 3. The Morgan fingerprint density at radius 1 is 1.60 bits per heavy atom. The number of aromatic amines is 1. The van der Waals surface area contributed by atoms with Crippen molar-refractivity contribution in [1.29, 1.82) is 0 Å². The van der Waals surface area contributed by atoms with Gasteiger partial charge in [0.1, 0.15) is 0 Å². The topological polar surface area (TPSA) is 76.7 Å². The molecule has 1 aromatic rings. The van der Waals surface area contributed by atoms with Crippen LogP contribution in [0.3, 0.4) is 0 Å². The summed E-state index contributed by atoms with van der Waals surface area (Å²) in [6.45, 7) is 6.30. The van der Waals surface area contributed by atoms with Crippen molar-refractivity contribution < 1.29 is 0 Å². The van der Waals surface area contributed by atoms with Gasteiger partial charge in [0.05, 0.1) is 0 Å². The second-order valence-corrected chi connectivity index (χ2v) is 5.64. The van der Waals surface area contributed by atoms with Crippen molar-refractivity contribution in [2.24, 2.45) is 18.2 Å². The van der Waals surface area contributed by atoms with Gasteiger partial charge in [-0.25, -0.2) is 9.89 Å². The molecule has 0 saturated carbocycles. The fourth-order valence-corrected chi connectivity index (χ4v) is 2.09. The van der Waals surface area contributed by atoms with Crippen LogP contribution >= 0.6 is 11.8 Å². The Balaban J connectivity index is 2.58. The molecule has 15 heavy (non-hydrogen) atoms. The zero-order valence-corrected chi connectivity index (χ0v) is 10.4. The average Bonchev–Trinajstić information content (AvgIpc) is 2.43. The molecule has 0 saturated heterocycles. The molecule has 0 aliphatic rings. The summed E-state index contributed by atoms with van der Waals surface area (Å²) in [6, 6.07) is 0.0781. The number of nitrogens with one attached hydrogen (secondary N) is 1. The van der Waals surface area contributed by atoms with E-state index in [1.165, 1.54) is 16.3 Å². The molecule has 0 fully saturated rings. The highest BCUT2D eigenvalue weighted by Crippen LogP contribution is 2.23. The van der Waals surface area contributed by atoms with Gasteiger partial charge < -0.3 is 5.73 Å². The van der Waals surface area contributed by atoms with E-state index in [2.05, 4.69) is 31.0 Å². The molecule has 1 heterocycles. The van der Waals surface area contributed by atoms with Gasteiger partial charge in [0.2, 0.25) is 0 Å². The highest BCUT2D eigenvalue weighted by molar-refractivity contribution is 7.99. The largest absolute Gasteiger partial charge is 0.343 e. The maximum absolute atomic E-state index is 11.1. The van der Waals surface area contributed by atoms with Gasteiger partial charge in [-0.1, -0.05) is 32.5 Å². The summed E-state index contributed by atoms with van der Waals surface area (Å²) in [7, 11) is 1.69. The summed E-state index contributed by atoms with van der Waals surface area (Å²) < 4.78 is 1.49. The molecule has 0 aliphatic carbocycles. The summed E-state index contributed by atoms with van der Waals surface area (Å²) in [4.78, 5) is 11.1. The van der Waals surface area contributed by atoms with E-state index in [4.69, 9.17) is 5.73 Å². The molecule has 6 heteroatoms. The zero-order chi connectivity index (χ0) is 11.6. The second-order valence-electron chi connectivity index (χ2n) is 4.65. The predicted octanol–water partition coefficient (Wildman–Crippen LogP) is 0.574. The quantitative estimate of drug-likeness (QED) is 0.744. The molecule has 1 atom stereocenters. The fraction of sp³-hybridized carbons (Fsp3) is 0.778. The molecule has 1 aromatic heterocycles. The normalized spacial score (nSPS) is 14.2. The third-order valence-corrected chi connectivity index (χ3v) is 3.49. The Morgan fingerprint density at radius 2 is 2.20 bits per heavy atom. The molecule has 3 N–H and O–H groups in total. The molecule has 1 unspecified atom stereocenters. The second kappa shape index (κ2) is 4.40. The number of nitrogens with two attached hydrogens (primary N) is 1. The number of hydrogen-bond donors (Lipinski definition) is 2. The third kappa shape index (κ3) is 3.10. The first-order valence-corrected chi connectivity index (χ1v) is 5.80. The van der Waals surface area contributed by atoms with Gasteiger partial charge in [-0.3, -0.25) is 4.57 Å². The van der Waals surface area contributed by atoms with Crippen LogP contribution in [0.5, 0.6) is 0 Å². The zero-order valence-electron chi connectivity index (χ0n) is 9.57. The highest BCUT2D eigenvalue weighted by atomic mass is 32.2. The van der Waals surface area contributed by atoms with E-state index < -0.39 is 0 Å². The SMILES string of the molecule is Cn1c(SCC(N)C(C)(C)C)n[nH]c1=O. The lowest BCUT2D eigenvalue weighted by molar-refractivity contribution is 0.344. The lowest BCUT2D eigenvalue weighted by Crippen LogP contribution is -2.37. The van der Waals surface area contributed by atoms with Crippen molar-refractivity contribution in [3.8, 4) is 0 Å². The van der Waals surface area contributed by atoms with Crippen LogP contribution in [0.2, 0.25) is 0 Å². The van der Waals surface area contributed by atoms with Gasteiger partial charge in [0.15, 0.2) is 5.16 Å². The van der Waals surface area contributed by atoms with Crippen LogP contribution in [0.25, 0.3) is 0 Å². The summed E-state index contributed by atoms with van der Waals surface area (Å²) in [5.41, 5.74) is 5.89. The van der Waals surface area contributed by atoms with E-state index in [1.807, 2.05) is 0 Å². The van der Waals surface area contributed by atoms with Crippen molar-refractivity contribution in [3.63, 3.8) is 0 Å². The van der Waals surface area contributed by atoms with E-state index in [1.54, 1.807) is 7.05 Å². The van der Waals surface area contributed by atoms with Crippen molar-refractivity contribution in [1.82, 2.24) is 14.8 Å². The van der Waals surface area contributed by atoms with Crippen LogP contribution in [-0.4, -0.2) is 26.6 Å². The average molecular weight is 230 g/mol. The Labute approximate surface area is 93.4 Å². The summed E-state index contributed by atoms with van der Waals surface area (Å²) in [5.74, 6) is 0.752. The summed E-state index contributed by atoms with van der Waals surface area (Å²) >= 11 is 1.50. The Hall–Kier alpha value is -0.750. The number of nitrogens with zero attached hydrogens (tertiary/aromatic N) is 2. The van der Waals surface area contributed by atoms with Gasteiger partial charge in [0, 0.05) is 18.8 Å². The Kier molecular flexibility index (Phi) is 3.62. The first-order valence-electron chi connectivity index (χ1n) is 4.82. The number of thioether (sulfide) groups is 1. The molecule has 86 valence electrons. The molecule has 5 nitrogen and oxygen atoms in total. The van der Waals surface area contributed by atoms with Crippen LogP contribution in [0.1, 0.15) is 20.8 Å². The van der Waals surface area contributed by atoms with Crippen LogP contribution < -0.4 is 11.4 Å². The molecule has 1 rings (SSSR count). The molecule has 0 radical (unpaired) electrons. The van der Waals surface area contributed by atoms with Gasteiger partial charge in [-0.05, 0) is 5.41 Å². The molecular weight excluding hydrogens is 212 g/mol. The first kappa shape index (κ1) is 12.3. The van der Waals surface area contributed by atoms with Gasteiger partial charge in [0.25, 0.3) is 0 Å². The highest BCUT2D eigenvalue weighted by Gasteiger charge is 2.21. The summed E-state index contributed by atoms with van der Waals surface area (Å²) in [6.07, 6.45) is 0. The van der Waals surface area contributed by atoms with Gasteiger partial charge >= 0.3 is 5.69 Å². The smallest absolute Gasteiger partial charge is 0.326 e. The van der Waals surface area contributed by atoms with E-state index in [0.717, 1.165) is 5.75 Å². The lowest BCUT2D eigenvalue weighted by atomic mass is 9.89. The Morgan fingerprint density at radius 3 is 2.60 bits per heavy atom. The van der Waals surface area contributed by atoms with Crippen molar-refractivity contribution in [2.45, 2.75) is 32.0 Å². The van der Waals surface area contributed by atoms with E-state index in [0.29, 0.717) is 5.16 Å². The fourth-order valence-electron chi connectivity index (χ4n) is 0.876. The van der Waals surface area contributed by atoms with Gasteiger partial charge in [-0.2, -0.15) is 0 Å². The first-order chi connectivity index (χ1) is 6.82. The minimum absolute atomic E-state index is 0.0716. The van der Waals surface area contributed by atoms with Crippen molar-refractivity contribution in [2.75, 3.05) is 5.75 Å². The Bertz CT molecular complexity index is 376. The molecule has 0 amide bonds. The number of aromatic nitrogens is 3. The molecular formula is C9H18N4OS. The minimum Gasteiger partial charge on any atom is -0.326 e. The van der Waals surface area contributed by atoms with Crippen molar-refractivity contribution >= 4 is 11.8 Å². The van der Waals surface area contributed by atoms with Crippen LogP contribution in [0.15, 0.2) is 9.95 Å². The van der Waals surface area contributed by atoms with Crippen LogP contribution in [0.4, 0.5) is 0 Å². The lowest BCUT2D eigenvalue weighted by Gasteiger charge is -2.26. The minimum atomic E-state index is -0.193. The monoisotopic (exact) mass is 230 g/mol. The standard InChI is InChI=1S/C9H18N4OS/c1-9(2,3)6(10)5-15-8-12-11-7(14)13(8)4/h6H,5,10H2,1-4H3,(H,11,14). The molecule has 0 aliphatic heterocycles. The third-order valence-electron chi connectivity index (χ3n) is 2.34. The molecule has 0 aromatic carbocycles. The molecule has 0 spiro atoms. The maximum Gasteiger partial charge on any atom is 0.343 e. The number of H-pyrrole nitrogens is 1. The van der Waals surface area contributed by atoms with E-state index in [9.17, 15) is 4.79 Å². The predicted molar refractivity (Wildman–Crippen MR) is 62.0 cm³/mol. The number of hydrogen-bond acceptors (Lipinski definition) is 4. The summed E-state index contributed by atoms with van der Waals surface area (Å²) in [5, 5.41) is 6.98. The van der Waals surface area contributed by atoms with E-state index >= 15 is 0 Å². The van der Waals surface area contributed by atoms with Crippen molar-refractivity contribution in [3.05, 3.63) is 10.5 Å². The molecule has 0 bridgehead atoms. The van der Waals surface area contributed by atoms with Crippen LogP contribution in [-0.2, 0) is 7.05 Å². The maximum atomic E-state index is 11.1.